The highest BCUT2D eigenvalue weighted by Gasteiger charge is 2.34. The van der Waals surface area contributed by atoms with Gasteiger partial charge in [-0.1, -0.05) is 51.7 Å². The third-order valence-corrected chi connectivity index (χ3v) is 7.08. The lowest BCUT2D eigenvalue weighted by Gasteiger charge is -2.41. The SMILES string of the molecule is CCC[C@H]1CC[C@H](C2CCC(c3ccc(OCC)cc3)C(C)C2)CC1. The van der Waals surface area contributed by atoms with Crippen molar-refractivity contribution in [3.63, 3.8) is 0 Å². The van der Waals surface area contributed by atoms with Crippen LogP contribution in [0.4, 0.5) is 0 Å². The summed E-state index contributed by atoms with van der Waals surface area (Å²) in [5.74, 6) is 5.65. The lowest BCUT2D eigenvalue weighted by molar-refractivity contribution is 0.130. The van der Waals surface area contributed by atoms with Crippen LogP contribution >= 0.6 is 0 Å². The van der Waals surface area contributed by atoms with Gasteiger partial charge in [0.15, 0.2) is 0 Å². The van der Waals surface area contributed by atoms with Crippen molar-refractivity contribution in [2.75, 3.05) is 6.61 Å². The number of benzene rings is 1. The minimum atomic E-state index is 0.751. The van der Waals surface area contributed by atoms with Gasteiger partial charge in [0.2, 0.25) is 0 Å². The van der Waals surface area contributed by atoms with Gasteiger partial charge in [-0.3, -0.25) is 0 Å². The summed E-state index contributed by atoms with van der Waals surface area (Å²) in [5.41, 5.74) is 1.53. The third-order valence-electron chi connectivity index (χ3n) is 7.08. The summed E-state index contributed by atoms with van der Waals surface area (Å²) in [7, 11) is 0. The number of ether oxygens (including phenoxy) is 1. The number of hydrogen-bond acceptors (Lipinski definition) is 1. The quantitative estimate of drug-likeness (QED) is 0.530. The average molecular weight is 343 g/mol. The van der Waals surface area contributed by atoms with Gasteiger partial charge >= 0.3 is 0 Å². The van der Waals surface area contributed by atoms with Crippen LogP contribution in [0.3, 0.4) is 0 Å². The van der Waals surface area contributed by atoms with E-state index in [1.54, 1.807) is 0 Å². The first-order chi connectivity index (χ1) is 12.2. The largest absolute Gasteiger partial charge is 0.494 e. The van der Waals surface area contributed by atoms with Gasteiger partial charge in [-0.05, 0) is 86.3 Å². The van der Waals surface area contributed by atoms with Crippen LogP contribution < -0.4 is 4.74 Å². The monoisotopic (exact) mass is 342 g/mol. The fourth-order valence-corrected chi connectivity index (χ4v) is 5.70. The molecule has 0 spiro atoms. The molecule has 2 aliphatic rings. The van der Waals surface area contributed by atoms with Gasteiger partial charge in [0.25, 0.3) is 0 Å². The fourth-order valence-electron chi connectivity index (χ4n) is 5.70. The molecule has 0 bridgehead atoms. The van der Waals surface area contributed by atoms with E-state index >= 15 is 0 Å². The Balaban J connectivity index is 1.52. The number of hydrogen-bond donors (Lipinski definition) is 0. The van der Waals surface area contributed by atoms with Gasteiger partial charge in [0.1, 0.15) is 5.75 Å². The summed E-state index contributed by atoms with van der Waals surface area (Å²) in [6.45, 7) is 7.64. The molecule has 0 N–H and O–H groups in total. The molecular formula is C24H38O. The number of rotatable bonds is 6. The summed E-state index contributed by atoms with van der Waals surface area (Å²) >= 11 is 0. The molecule has 1 heteroatoms. The molecule has 140 valence electrons. The Hall–Kier alpha value is -0.980. The molecule has 3 rings (SSSR count). The minimum absolute atomic E-state index is 0.751. The van der Waals surface area contributed by atoms with Gasteiger partial charge in [0, 0.05) is 0 Å². The second-order valence-electron chi connectivity index (χ2n) is 8.73. The van der Waals surface area contributed by atoms with Crippen molar-refractivity contribution < 1.29 is 4.74 Å². The topological polar surface area (TPSA) is 9.23 Å². The van der Waals surface area contributed by atoms with E-state index in [1.807, 2.05) is 6.92 Å². The van der Waals surface area contributed by atoms with Crippen molar-refractivity contribution in [2.45, 2.75) is 84.5 Å². The fraction of sp³-hybridized carbons (Fsp3) is 0.750. The molecular weight excluding hydrogens is 304 g/mol. The van der Waals surface area contributed by atoms with E-state index in [2.05, 4.69) is 38.1 Å². The highest BCUT2D eigenvalue weighted by atomic mass is 16.5. The zero-order valence-corrected chi connectivity index (χ0v) is 16.7. The molecule has 1 aromatic rings. The lowest BCUT2D eigenvalue weighted by atomic mass is 9.65. The van der Waals surface area contributed by atoms with Gasteiger partial charge in [0.05, 0.1) is 6.61 Å². The standard InChI is InChI=1S/C24H38O/c1-4-6-19-7-9-20(10-8-19)22-13-16-24(18(3)17-22)21-11-14-23(15-12-21)25-5-2/h11-12,14-15,18-20,22,24H,4-10,13,16-17H2,1-3H3/t18?,19-,20-,22?,24?. The first-order valence-corrected chi connectivity index (χ1v) is 10.9. The van der Waals surface area contributed by atoms with Crippen LogP contribution in [0.15, 0.2) is 24.3 Å². The zero-order chi connectivity index (χ0) is 17.6. The Labute approximate surface area is 155 Å². The van der Waals surface area contributed by atoms with Gasteiger partial charge in [-0.25, -0.2) is 0 Å². The predicted octanol–water partition coefficient (Wildman–Crippen LogP) is 7.21. The van der Waals surface area contributed by atoms with Crippen LogP contribution in [0.5, 0.6) is 5.75 Å². The maximum atomic E-state index is 5.60. The molecule has 2 saturated carbocycles. The smallest absolute Gasteiger partial charge is 0.119 e. The predicted molar refractivity (Wildman–Crippen MR) is 107 cm³/mol. The summed E-state index contributed by atoms with van der Waals surface area (Å²) in [5, 5.41) is 0. The summed E-state index contributed by atoms with van der Waals surface area (Å²) in [4.78, 5) is 0. The highest BCUT2D eigenvalue weighted by molar-refractivity contribution is 5.30. The maximum Gasteiger partial charge on any atom is 0.119 e. The molecule has 3 unspecified atom stereocenters. The van der Waals surface area contributed by atoms with Crippen LogP contribution in [-0.2, 0) is 0 Å². The van der Waals surface area contributed by atoms with E-state index in [-0.39, 0.29) is 0 Å². The van der Waals surface area contributed by atoms with E-state index in [1.165, 1.54) is 63.4 Å². The summed E-state index contributed by atoms with van der Waals surface area (Å²) in [6.07, 6.45) is 13.1. The molecule has 2 aliphatic carbocycles. The summed E-state index contributed by atoms with van der Waals surface area (Å²) in [6, 6.07) is 8.93. The lowest BCUT2D eigenvalue weighted by Crippen LogP contribution is -2.29. The van der Waals surface area contributed by atoms with Crippen LogP contribution in [0.25, 0.3) is 0 Å². The van der Waals surface area contributed by atoms with E-state index in [0.717, 1.165) is 41.9 Å². The normalized spacial score (nSPS) is 33.2. The Morgan fingerprint density at radius 1 is 0.880 bits per heavy atom. The van der Waals surface area contributed by atoms with E-state index in [4.69, 9.17) is 4.74 Å². The molecule has 0 saturated heterocycles. The molecule has 1 nitrogen and oxygen atoms in total. The second-order valence-corrected chi connectivity index (χ2v) is 8.73. The molecule has 0 aromatic heterocycles. The molecule has 2 fully saturated rings. The van der Waals surface area contributed by atoms with Crippen LogP contribution in [-0.4, -0.2) is 6.61 Å². The van der Waals surface area contributed by atoms with Crippen LogP contribution in [0, 0.1) is 23.7 Å². The van der Waals surface area contributed by atoms with Crippen LogP contribution in [0.1, 0.15) is 90.0 Å². The molecule has 0 heterocycles. The van der Waals surface area contributed by atoms with Crippen molar-refractivity contribution in [3.05, 3.63) is 29.8 Å². The molecule has 0 aliphatic heterocycles. The first kappa shape index (κ1) is 18.8. The maximum absolute atomic E-state index is 5.60. The van der Waals surface area contributed by atoms with Crippen molar-refractivity contribution in [1.29, 1.82) is 0 Å². The third kappa shape index (κ3) is 4.80. The van der Waals surface area contributed by atoms with Gasteiger partial charge < -0.3 is 4.74 Å². The van der Waals surface area contributed by atoms with E-state index in [9.17, 15) is 0 Å². The van der Waals surface area contributed by atoms with E-state index in [0.29, 0.717) is 0 Å². The van der Waals surface area contributed by atoms with Gasteiger partial charge in [-0.15, -0.1) is 0 Å². The summed E-state index contributed by atoms with van der Waals surface area (Å²) < 4.78 is 5.60. The Morgan fingerprint density at radius 3 is 2.16 bits per heavy atom. The highest BCUT2D eigenvalue weighted by Crippen LogP contribution is 2.47. The molecule has 0 radical (unpaired) electrons. The molecule has 3 atom stereocenters. The molecule has 0 amide bonds. The minimum Gasteiger partial charge on any atom is -0.494 e. The Morgan fingerprint density at radius 2 is 1.56 bits per heavy atom. The van der Waals surface area contributed by atoms with Crippen molar-refractivity contribution in [3.8, 4) is 5.75 Å². The zero-order valence-electron chi connectivity index (χ0n) is 16.7. The van der Waals surface area contributed by atoms with E-state index < -0.39 is 0 Å². The molecule has 1 aromatic carbocycles. The van der Waals surface area contributed by atoms with Crippen LogP contribution in [0.2, 0.25) is 0 Å². The Kier molecular flexibility index (Phi) is 6.84. The van der Waals surface area contributed by atoms with Crippen molar-refractivity contribution >= 4 is 0 Å². The van der Waals surface area contributed by atoms with Gasteiger partial charge in [-0.2, -0.15) is 0 Å². The average Bonchev–Trinajstić information content (AvgIpc) is 2.64. The second kappa shape index (κ2) is 9.10. The van der Waals surface area contributed by atoms with Crippen molar-refractivity contribution in [2.24, 2.45) is 23.7 Å². The van der Waals surface area contributed by atoms with Crippen molar-refractivity contribution in [1.82, 2.24) is 0 Å². The first-order valence-electron chi connectivity index (χ1n) is 10.9. The molecule has 25 heavy (non-hydrogen) atoms. The Bertz CT molecular complexity index is 497.